The molecule has 1 amide bonds. The molecule has 1 aromatic carbocycles. The van der Waals surface area contributed by atoms with E-state index in [0.29, 0.717) is 29.9 Å². The summed E-state index contributed by atoms with van der Waals surface area (Å²) in [6.45, 7) is 2.23. The number of ether oxygens (including phenoxy) is 1. The molecule has 3 aromatic rings. The van der Waals surface area contributed by atoms with Gasteiger partial charge in [0.2, 0.25) is 10.0 Å². The number of H-pyrrole nitrogens is 1. The van der Waals surface area contributed by atoms with Gasteiger partial charge in [0.25, 0.3) is 5.91 Å². The first-order chi connectivity index (χ1) is 17.3. The Balaban J connectivity index is 1.27. The number of piperidine rings is 1. The average Bonchev–Trinajstić information content (AvgIpc) is 3.61. The van der Waals surface area contributed by atoms with Gasteiger partial charge in [-0.25, -0.2) is 13.2 Å². The third-order valence-electron chi connectivity index (χ3n) is 6.65. The summed E-state index contributed by atoms with van der Waals surface area (Å²) < 4.78 is 33.4. The van der Waals surface area contributed by atoms with Gasteiger partial charge >= 0.3 is 5.97 Å². The van der Waals surface area contributed by atoms with Gasteiger partial charge < -0.3 is 15.2 Å². The van der Waals surface area contributed by atoms with E-state index >= 15 is 0 Å². The molecule has 3 N–H and O–H groups in total. The molecule has 2 aromatic heterocycles. The number of carboxylic acid groups (broad SMARTS) is 1. The number of aromatic carboxylic acids is 1. The third kappa shape index (κ3) is 4.33. The Morgan fingerprint density at radius 1 is 1.19 bits per heavy atom. The lowest BCUT2D eigenvalue weighted by molar-refractivity contribution is 0.0692. The molecular formula is C24H25N5O6S. The number of sulfonamides is 1. The van der Waals surface area contributed by atoms with E-state index in [4.69, 9.17) is 4.74 Å². The largest absolute Gasteiger partial charge is 0.493 e. The molecule has 1 saturated heterocycles. The van der Waals surface area contributed by atoms with Crippen LogP contribution in [0, 0.1) is 5.92 Å². The zero-order valence-electron chi connectivity index (χ0n) is 19.4. The Morgan fingerprint density at radius 2 is 2.03 bits per heavy atom. The molecule has 2 fully saturated rings. The number of aromatic amines is 1. The number of carbonyl (C=O) groups excluding carboxylic acids is 1. The van der Waals surface area contributed by atoms with E-state index in [1.165, 1.54) is 16.4 Å². The van der Waals surface area contributed by atoms with Gasteiger partial charge in [-0.15, -0.1) is 0 Å². The lowest BCUT2D eigenvalue weighted by Gasteiger charge is -2.31. The number of rotatable bonds is 8. The predicted molar refractivity (Wildman–Crippen MR) is 128 cm³/mol. The van der Waals surface area contributed by atoms with Crippen LogP contribution in [0.1, 0.15) is 40.6 Å². The number of carbonyl (C=O) groups is 2. The Kier molecular flexibility index (Phi) is 6.22. The Labute approximate surface area is 207 Å². The summed E-state index contributed by atoms with van der Waals surface area (Å²) in [6, 6.07) is 10.5. The molecule has 3 atom stereocenters. The number of aromatic nitrogens is 3. The Morgan fingerprint density at radius 3 is 2.69 bits per heavy atom. The topological polar surface area (TPSA) is 155 Å². The number of nitrogens with zero attached hydrogens (tertiary/aromatic N) is 3. The van der Waals surface area contributed by atoms with Crippen LogP contribution in [0.4, 0.5) is 0 Å². The zero-order valence-corrected chi connectivity index (χ0v) is 20.2. The quantitative estimate of drug-likeness (QED) is 0.416. The second-order valence-corrected chi connectivity index (χ2v) is 10.7. The van der Waals surface area contributed by atoms with Gasteiger partial charge in [-0.1, -0.05) is 6.07 Å². The highest BCUT2D eigenvalue weighted by Gasteiger charge is 2.50. The molecule has 2 bridgehead atoms. The summed E-state index contributed by atoms with van der Waals surface area (Å²) in [5.74, 6) is -1.49. The van der Waals surface area contributed by atoms with E-state index in [1.54, 1.807) is 31.3 Å². The maximum absolute atomic E-state index is 13.3. The summed E-state index contributed by atoms with van der Waals surface area (Å²) in [5, 5.41) is 19.4. The van der Waals surface area contributed by atoms with Gasteiger partial charge in [-0.3, -0.25) is 14.9 Å². The molecule has 11 nitrogen and oxygen atoms in total. The fourth-order valence-electron chi connectivity index (χ4n) is 4.97. The van der Waals surface area contributed by atoms with Crippen molar-refractivity contribution < 1.29 is 27.9 Å². The average molecular weight is 512 g/mol. The minimum atomic E-state index is -3.91. The molecule has 12 heteroatoms. The van der Waals surface area contributed by atoms with E-state index in [1.807, 2.05) is 6.07 Å². The fourth-order valence-corrected chi connectivity index (χ4v) is 6.70. The van der Waals surface area contributed by atoms with Crippen LogP contribution in [0.2, 0.25) is 0 Å². The van der Waals surface area contributed by atoms with Crippen LogP contribution >= 0.6 is 0 Å². The lowest BCUT2D eigenvalue weighted by Crippen LogP contribution is -2.47. The molecule has 2 aliphatic rings. The molecule has 1 aliphatic heterocycles. The van der Waals surface area contributed by atoms with Gasteiger partial charge in [0.15, 0.2) is 0 Å². The van der Waals surface area contributed by atoms with Gasteiger partial charge in [-0.05, 0) is 62.1 Å². The van der Waals surface area contributed by atoms with Crippen molar-refractivity contribution in [2.24, 2.45) is 5.92 Å². The number of hydrogen-bond acceptors (Lipinski definition) is 7. The van der Waals surface area contributed by atoms with Crippen molar-refractivity contribution in [2.45, 2.75) is 36.7 Å². The van der Waals surface area contributed by atoms with Crippen LogP contribution in [0.3, 0.4) is 0 Å². The molecule has 188 valence electrons. The fraction of sp³-hybridized carbons (Fsp3) is 0.333. The second kappa shape index (κ2) is 9.36. The summed E-state index contributed by atoms with van der Waals surface area (Å²) >= 11 is 0. The van der Waals surface area contributed by atoms with Crippen molar-refractivity contribution in [3.05, 3.63) is 59.9 Å². The highest BCUT2D eigenvalue weighted by Crippen LogP contribution is 2.41. The molecule has 1 saturated carbocycles. The number of fused-ring (bicyclic) bond motifs is 2. The van der Waals surface area contributed by atoms with Gasteiger partial charge in [0.1, 0.15) is 22.7 Å². The number of amides is 1. The second-order valence-electron chi connectivity index (χ2n) is 8.82. The van der Waals surface area contributed by atoms with Crippen LogP contribution in [0.15, 0.2) is 53.6 Å². The summed E-state index contributed by atoms with van der Waals surface area (Å²) in [5.41, 5.74) is 1.31. The normalized spacial score (nSPS) is 21.4. The van der Waals surface area contributed by atoms with Crippen molar-refractivity contribution in [1.29, 1.82) is 0 Å². The Bertz CT molecular complexity index is 1410. The lowest BCUT2D eigenvalue weighted by atomic mass is 10.0. The van der Waals surface area contributed by atoms with E-state index in [2.05, 4.69) is 20.5 Å². The molecule has 1 aliphatic carbocycles. The molecule has 0 spiro atoms. The minimum Gasteiger partial charge on any atom is -0.493 e. The molecular weight excluding hydrogens is 486 g/mol. The van der Waals surface area contributed by atoms with Gasteiger partial charge in [0.05, 0.1) is 17.2 Å². The van der Waals surface area contributed by atoms with Crippen molar-refractivity contribution >= 4 is 21.9 Å². The monoisotopic (exact) mass is 511 g/mol. The van der Waals surface area contributed by atoms with Crippen molar-refractivity contribution in [2.75, 3.05) is 13.2 Å². The summed E-state index contributed by atoms with van der Waals surface area (Å²) in [4.78, 5) is 28.6. The molecule has 0 unspecified atom stereocenters. The van der Waals surface area contributed by atoms with Crippen LogP contribution < -0.4 is 10.1 Å². The number of pyridine rings is 1. The van der Waals surface area contributed by atoms with Gasteiger partial charge in [-0.2, -0.15) is 9.40 Å². The first kappa shape index (κ1) is 23.9. The highest BCUT2D eigenvalue weighted by molar-refractivity contribution is 7.89. The first-order valence-corrected chi connectivity index (χ1v) is 13.0. The van der Waals surface area contributed by atoms with E-state index in [-0.39, 0.29) is 53.3 Å². The smallest absolute Gasteiger partial charge is 0.339 e. The number of carboxylic acids is 1. The SMILES string of the molecule is CCOc1ccc(S(=O)(=O)N2C[C@@H]3C[C@H]2C[C@@H]3NC(=O)c2cc(-c3ccccn3)n[nH]2)cc1C(=O)O. The minimum absolute atomic E-state index is 0.0476. The molecule has 0 radical (unpaired) electrons. The summed E-state index contributed by atoms with van der Waals surface area (Å²) in [6.07, 6.45) is 2.74. The maximum Gasteiger partial charge on any atom is 0.339 e. The molecule has 3 heterocycles. The standard InChI is InChI=1S/C24H25N5O6S/c1-2-35-22-7-6-16(11-17(22)24(31)32)36(33,34)29-13-14-9-15(29)10-19(14)26-23(30)21-12-20(27-28-21)18-5-3-4-8-25-18/h3-8,11-12,14-15,19H,2,9-10,13H2,1H3,(H,26,30)(H,27,28)(H,31,32)/t14-,15-,19-/m0/s1. The van der Waals surface area contributed by atoms with Gasteiger partial charge in [0, 0.05) is 24.8 Å². The third-order valence-corrected chi connectivity index (χ3v) is 8.56. The predicted octanol–water partition coefficient (Wildman–Crippen LogP) is 2.15. The van der Waals surface area contributed by atoms with Crippen molar-refractivity contribution in [3.8, 4) is 17.1 Å². The van der Waals surface area contributed by atoms with E-state index in [9.17, 15) is 23.1 Å². The number of benzene rings is 1. The van der Waals surface area contributed by atoms with Crippen LogP contribution in [-0.2, 0) is 10.0 Å². The van der Waals surface area contributed by atoms with Crippen LogP contribution in [0.25, 0.3) is 11.4 Å². The first-order valence-electron chi connectivity index (χ1n) is 11.6. The van der Waals surface area contributed by atoms with Crippen molar-refractivity contribution in [1.82, 2.24) is 24.8 Å². The maximum atomic E-state index is 13.3. The number of hydrogen-bond donors (Lipinski definition) is 3. The Hall–Kier alpha value is -3.77. The summed E-state index contributed by atoms with van der Waals surface area (Å²) in [7, 11) is -3.91. The van der Waals surface area contributed by atoms with Crippen molar-refractivity contribution in [3.63, 3.8) is 0 Å². The molecule has 36 heavy (non-hydrogen) atoms. The highest BCUT2D eigenvalue weighted by atomic mass is 32.2. The molecule has 5 rings (SSSR count). The zero-order chi connectivity index (χ0) is 25.4. The van der Waals surface area contributed by atoms with E-state index in [0.717, 1.165) is 6.07 Å². The van der Waals surface area contributed by atoms with Crippen LogP contribution in [0.5, 0.6) is 5.75 Å². The van der Waals surface area contributed by atoms with Crippen LogP contribution in [-0.4, -0.2) is 70.1 Å². The van der Waals surface area contributed by atoms with E-state index < -0.39 is 16.0 Å². The number of nitrogens with one attached hydrogen (secondary N) is 2.